The molecule has 3 aromatic carbocycles. The predicted octanol–water partition coefficient (Wildman–Crippen LogP) is 7.56. The van der Waals surface area contributed by atoms with Gasteiger partial charge in [-0.15, -0.1) is 0 Å². The van der Waals surface area contributed by atoms with Gasteiger partial charge in [0.25, 0.3) is 0 Å². The van der Waals surface area contributed by atoms with Crippen LogP contribution in [0, 0.1) is 0 Å². The number of aromatic nitrogens is 1. The molecule has 0 aliphatic carbocycles. The van der Waals surface area contributed by atoms with Crippen LogP contribution in [0.3, 0.4) is 0 Å². The average molecular weight is 596 g/mol. The number of nitrogens with zero attached hydrogens (tertiary/aromatic N) is 1. The van der Waals surface area contributed by atoms with Crippen molar-refractivity contribution in [1.29, 1.82) is 0 Å². The molecule has 0 saturated carbocycles. The fraction of sp³-hybridized carbons (Fsp3) is 0.273. The Hall–Kier alpha value is -4.73. The highest BCUT2D eigenvalue weighted by molar-refractivity contribution is 5.96. The van der Waals surface area contributed by atoms with Gasteiger partial charge in [0.2, 0.25) is 0 Å². The van der Waals surface area contributed by atoms with E-state index in [-0.39, 0.29) is 25.2 Å². The van der Waals surface area contributed by atoms with Crippen molar-refractivity contribution >= 4 is 35.0 Å². The van der Waals surface area contributed by atoms with Crippen molar-refractivity contribution in [2.24, 2.45) is 0 Å². The zero-order valence-electron chi connectivity index (χ0n) is 23.3. The Morgan fingerprint density at radius 3 is 2.23 bits per heavy atom. The van der Waals surface area contributed by atoms with Crippen molar-refractivity contribution in [1.82, 2.24) is 4.57 Å². The number of ether oxygens (including phenoxy) is 2. The average Bonchev–Trinajstić information content (AvgIpc) is 3.31. The van der Waals surface area contributed by atoms with E-state index >= 15 is 0 Å². The zero-order valence-corrected chi connectivity index (χ0v) is 23.3. The molecule has 0 amide bonds. The molecule has 0 bridgehead atoms. The standard InChI is InChI=1S/C33H32F3NO6/c34-33(35,36)27-8-1-2-10-29(27)43-20-4-3-19-42-26-16-13-23(14-17-26)12-15-24-7-5-9-28-32(24)25(21-31(40)41)22-37(28)18-6-11-30(38)39/h1-2,5,7-10,12-17,22H,3-4,6,11,18-21H2,(H,38,39)(H,40,41)/b15-12+. The molecule has 4 aromatic rings. The first-order valence-corrected chi connectivity index (χ1v) is 13.9. The van der Waals surface area contributed by atoms with Gasteiger partial charge in [0.15, 0.2) is 0 Å². The molecular formula is C33H32F3NO6. The number of aliphatic carboxylic acids is 2. The lowest BCUT2D eigenvalue weighted by Gasteiger charge is -2.13. The number of halogens is 3. The smallest absolute Gasteiger partial charge is 0.419 e. The first-order chi connectivity index (χ1) is 20.6. The van der Waals surface area contributed by atoms with Crippen LogP contribution in [0.5, 0.6) is 11.5 Å². The van der Waals surface area contributed by atoms with E-state index in [1.165, 1.54) is 18.2 Å². The van der Waals surface area contributed by atoms with Gasteiger partial charge in [-0.3, -0.25) is 9.59 Å². The van der Waals surface area contributed by atoms with E-state index in [4.69, 9.17) is 14.6 Å². The summed E-state index contributed by atoms with van der Waals surface area (Å²) in [4.78, 5) is 22.4. The van der Waals surface area contributed by atoms with Crippen molar-refractivity contribution < 1.29 is 42.4 Å². The van der Waals surface area contributed by atoms with E-state index in [2.05, 4.69) is 0 Å². The third kappa shape index (κ3) is 8.88. The van der Waals surface area contributed by atoms with E-state index < -0.39 is 23.7 Å². The van der Waals surface area contributed by atoms with Gasteiger partial charge in [0.1, 0.15) is 11.5 Å². The van der Waals surface area contributed by atoms with Gasteiger partial charge in [-0.1, -0.05) is 48.6 Å². The number of carboxylic acids is 2. The highest BCUT2D eigenvalue weighted by Gasteiger charge is 2.33. The molecule has 0 unspecified atom stereocenters. The minimum Gasteiger partial charge on any atom is -0.494 e. The fourth-order valence-corrected chi connectivity index (χ4v) is 4.75. The van der Waals surface area contributed by atoms with Gasteiger partial charge >= 0.3 is 18.1 Å². The molecule has 0 radical (unpaired) electrons. The number of carboxylic acid groups (broad SMARTS) is 2. The second-order valence-corrected chi connectivity index (χ2v) is 9.96. The number of carbonyl (C=O) groups is 2. The van der Waals surface area contributed by atoms with E-state index in [9.17, 15) is 27.9 Å². The van der Waals surface area contributed by atoms with Crippen molar-refractivity contribution in [3.05, 3.63) is 95.2 Å². The predicted molar refractivity (Wildman–Crippen MR) is 157 cm³/mol. The lowest BCUT2D eigenvalue weighted by Crippen LogP contribution is -2.09. The summed E-state index contributed by atoms with van der Waals surface area (Å²) in [7, 11) is 0. The molecule has 1 aromatic heterocycles. The largest absolute Gasteiger partial charge is 0.494 e. The summed E-state index contributed by atoms with van der Waals surface area (Å²) in [6, 6.07) is 18.3. The van der Waals surface area contributed by atoms with Crippen LogP contribution in [-0.4, -0.2) is 39.9 Å². The van der Waals surface area contributed by atoms with Crippen molar-refractivity contribution in [3.63, 3.8) is 0 Å². The molecule has 0 spiro atoms. The highest BCUT2D eigenvalue weighted by Crippen LogP contribution is 2.36. The number of benzene rings is 3. The maximum Gasteiger partial charge on any atom is 0.419 e. The monoisotopic (exact) mass is 595 g/mol. The molecule has 2 N–H and O–H groups in total. The van der Waals surface area contributed by atoms with Crippen LogP contribution in [-0.2, 0) is 28.7 Å². The molecule has 4 rings (SSSR count). The molecule has 0 saturated heterocycles. The molecule has 1 heterocycles. The van der Waals surface area contributed by atoms with E-state index in [1.807, 2.05) is 59.2 Å². The summed E-state index contributed by atoms with van der Waals surface area (Å²) in [5.41, 5.74) is 2.48. The summed E-state index contributed by atoms with van der Waals surface area (Å²) >= 11 is 0. The Labute approximate surface area is 246 Å². The number of para-hydroxylation sites is 1. The van der Waals surface area contributed by atoms with Gasteiger partial charge in [0, 0.05) is 30.1 Å². The number of hydrogen-bond acceptors (Lipinski definition) is 4. The van der Waals surface area contributed by atoms with Gasteiger partial charge in [-0.25, -0.2) is 0 Å². The van der Waals surface area contributed by atoms with Crippen molar-refractivity contribution in [3.8, 4) is 11.5 Å². The quantitative estimate of drug-likeness (QED) is 0.109. The minimum absolute atomic E-state index is 0.0298. The van der Waals surface area contributed by atoms with Gasteiger partial charge in [-0.2, -0.15) is 13.2 Å². The number of aryl methyl sites for hydroxylation is 1. The second-order valence-electron chi connectivity index (χ2n) is 9.96. The molecule has 0 aliphatic rings. The van der Waals surface area contributed by atoms with Crippen LogP contribution in [0.4, 0.5) is 13.2 Å². The summed E-state index contributed by atoms with van der Waals surface area (Å²) in [5.74, 6) is -1.34. The number of hydrogen-bond donors (Lipinski definition) is 2. The Bertz CT molecular complexity index is 1570. The topological polar surface area (TPSA) is 98.0 Å². The number of rotatable bonds is 15. The molecule has 0 fully saturated rings. The van der Waals surface area contributed by atoms with E-state index in [0.717, 1.165) is 28.1 Å². The van der Waals surface area contributed by atoms with Crippen LogP contribution in [0.25, 0.3) is 23.1 Å². The summed E-state index contributed by atoms with van der Waals surface area (Å²) in [6.45, 7) is 1.00. The lowest BCUT2D eigenvalue weighted by atomic mass is 10.0. The van der Waals surface area contributed by atoms with Crippen LogP contribution >= 0.6 is 0 Å². The Balaban J connectivity index is 1.33. The number of alkyl halides is 3. The summed E-state index contributed by atoms with van der Waals surface area (Å²) < 4.78 is 52.2. The normalized spacial score (nSPS) is 11.7. The zero-order chi connectivity index (χ0) is 30.8. The first kappa shape index (κ1) is 31.2. The van der Waals surface area contributed by atoms with Crippen LogP contribution in [0.2, 0.25) is 0 Å². The molecular weight excluding hydrogens is 563 g/mol. The minimum atomic E-state index is -4.46. The third-order valence-electron chi connectivity index (χ3n) is 6.74. The highest BCUT2D eigenvalue weighted by atomic mass is 19.4. The van der Waals surface area contributed by atoms with Gasteiger partial charge in [-0.05, 0) is 66.3 Å². The van der Waals surface area contributed by atoms with Crippen molar-refractivity contribution in [2.75, 3.05) is 13.2 Å². The molecule has 43 heavy (non-hydrogen) atoms. The number of fused-ring (bicyclic) bond motifs is 1. The molecule has 0 aliphatic heterocycles. The first-order valence-electron chi connectivity index (χ1n) is 13.9. The second kappa shape index (κ2) is 14.4. The molecule has 226 valence electrons. The lowest BCUT2D eigenvalue weighted by molar-refractivity contribution is -0.139. The maximum atomic E-state index is 13.1. The number of unbranched alkanes of at least 4 members (excludes halogenated alkanes) is 1. The SMILES string of the molecule is O=C(O)CCCn1cc(CC(=O)O)c2c(/C=C/c3ccc(OCCCCOc4ccccc4C(F)(F)F)cc3)cccc21. The Morgan fingerprint density at radius 2 is 1.53 bits per heavy atom. The van der Waals surface area contributed by atoms with Crippen LogP contribution in [0.15, 0.2) is 72.9 Å². The maximum absolute atomic E-state index is 13.1. The Morgan fingerprint density at radius 1 is 0.814 bits per heavy atom. The molecule has 7 nitrogen and oxygen atoms in total. The van der Waals surface area contributed by atoms with E-state index in [0.29, 0.717) is 43.7 Å². The summed E-state index contributed by atoms with van der Waals surface area (Å²) in [5, 5.41) is 19.2. The third-order valence-corrected chi connectivity index (χ3v) is 6.74. The van der Waals surface area contributed by atoms with E-state index in [1.54, 1.807) is 6.20 Å². The molecule has 10 heteroatoms. The van der Waals surface area contributed by atoms with Gasteiger partial charge in [0.05, 0.1) is 25.2 Å². The van der Waals surface area contributed by atoms with Crippen molar-refractivity contribution in [2.45, 2.75) is 44.8 Å². The van der Waals surface area contributed by atoms with Crippen LogP contribution in [0.1, 0.15) is 47.9 Å². The Kier molecular flexibility index (Phi) is 10.5. The fourth-order valence-electron chi connectivity index (χ4n) is 4.75. The molecule has 0 atom stereocenters. The van der Waals surface area contributed by atoms with Crippen LogP contribution < -0.4 is 9.47 Å². The summed E-state index contributed by atoms with van der Waals surface area (Å²) in [6.07, 6.45) is 2.62. The van der Waals surface area contributed by atoms with Gasteiger partial charge < -0.3 is 24.3 Å².